The molecule has 0 saturated carbocycles. The normalized spacial score (nSPS) is 11.1. The van der Waals surface area contributed by atoms with Gasteiger partial charge in [0.15, 0.2) is 6.61 Å². The number of benzene rings is 1. The highest BCUT2D eigenvalue weighted by atomic mass is 79.9. The fourth-order valence-corrected chi connectivity index (χ4v) is 1.38. The van der Waals surface area contributed by atoms with Crippen molar-refractivity contribution in [2.45, 2.75) is 6.18 Å². The first-order valence-electron chi connectivity index (χ1n) is 4.41. The smallest absolute Gasteiger partial charge is 0.422 e. The molecule has 0 fully saturated rings. The van der Waals surface area contributed by atoms with E-state index in [1.54, 1.807) is 0 Å². The Morgan fingerprint density at radius 1 is 1.41 bits per heavy atom. The summed E-state index contributed by atoms with van der Waals surface area (Å²) in [6, 6.07) is 4.01. The van der Waals surface area contributed by atoms with Crippen molar-refractivity contribution in [2.24, 2.45) is 0 Å². The highest BCUT2D eigenvalue weighted by molar-refractivity contribution is 9.10. The van der Waals surface area contributed by atoms with Crippen LogP contribution in [0, 0.1) is 0 Å². The summed E-state index contributed by atoms with van der Waals surface area (Å²) >= 11 is 3.02. The molecule has 0 spiro atoms. The van der Waals surface area contributed by atoms with Gasteiger partial charge in [-0.05, 0) is 34.1 Å². The Morgan fingerprint density at radius 2 is 2.06 bits per heavy atom. The van der Waals surface area contributed by atoms with Crippen molar-refractivity contribution in [3.8, 4) is 5.75 Å². The van der Waals surface area contributed by atoms with Gasteiger partial charge in [0.2, 0.25) is 0 Å². The fourth-order valence-electron chi connectivity index (χ4n) is 1.02. The quantitative estimate of drug-likeness (QED) is 0.804. The van der Waals surface area contributed by atoms with Crippen LogP contribution < -0.4 is 4.74 Å². The number of methoxy groups -OCH3 is 1. The molecule has 0 amide bonds. The monoisotopic (exact) mass is 312 g/mol. The molecule has 17 heavy (non-hydrogen) atoms. The highest BCUT2D eigenvalue weighted by Gasteiger charge is 2.28. The first-order valence-corrected chi connectivity index (χ1v) is 5.20. The molecule has 1 rings (SSSR count). The molecular formula is C10H8BrF3O3. The van der Waals surface area contributed by atoms with E-state index in [1.165, 1.54) is 25.3 Å². The molecule has 0 aromatic heterocycles. The summed E-state index contributed by atoms with van der Waals surface area (Å²) in [7, 11) is 1.18. The number of ether oxygens (including phenoxy) is 2. The van der Waals surface area contributed by atoms with Gasteiger partial charge in [-0.15, -0.1) is 0 Å². The molecule has 0 bridgehead atoms. The predicted octanol–water partition coefficient (Wildman–Crippen LogP) is 3.18. The number of rotatable bonds is 3. The molecule has 3 nitrogen and oxygen atoms in total. The van der Waals surface area contributed by atoms with Gasteiger partial charge in [0.1, 0.15) is 5.75 Å². The second-order valence-electron chi connectivity index (χ2n) is 3.04. The van der Waals surface area contributed by atoms with E-state index in [9.17, 15) is 18.0 Å². The Labute approximate surface area is 104 Å². The molecule has 7 heteroatoms. The molecular weight excluding hydrogens is 305 g/mol. The minimum Gasteiger partial charge on any atom is -0.483 e. The van der Waals surface area contributed by atoms with Gasteiger partial charge in [-0.3, -0.25) is 0 Å². The third-order valence-electron chi connectivity index (χ3n) is 1.74. The van der Waals surface area contributed by atoms with Crippen molar-refractivity contribution in [1.82, 2.24) is 0 Å². The number of halogens is 4. The lowest BCUT2D eigenvalue weighted by Crippen LogP contribution is -2.19. The average Bonchev–Trinajstić information content (AvgIpc) is 2.26. The summed E-state index contributed by atoms with van der Waals surface area (Å²) in [6.45, 7) is -1.42. The molecule has 1 aromatic carbocycles. The van der Waals surface area contributed by atoms with Crippen molar-refractivity contribution < 1.29 is 27.4 Å². The largest absolute Gasteiger partial charge is 0.483 e. The maximum absolute atomic E-state index is 12.0. The van der Waals surface area contributed by atoms with Gasteiger partial charge in [0.05, 0.1) is 17.1 Å². The average molecular weight is 313 g/mol. The lowest BCUT2D eigenvalue weighted by Gasteiger charge is -2.11. The zero-order valence-electron chi connectivity index (χ0n) is 8.68. The van der Waals surface area contributed by atoms with Gasteiger partial charge in [-0.2, -0.15) is 13.2 Å². The summed E-state index contributed by atoms with van der Waals surface area (Å²) in [5.41, 5.74) is 0.118. The lowest BCUT2D eigenvalue weighted by atomic mass is 10.2. The van der Waals surface area contributed by atoms with E-state index in [4.69, 9.17) is 0 Å². The van der Waals surface area contributed by atoms with Crippen LogP contribution in [-0.4, -0.2) is 25.9 Å². The first-order chi connectivity index (χ1) is 7.83. The zero-order chi connectivity index (χ0) is 13.1. The molecule has 1 aromatic rings. The maximum atomic E-state index is 12.0. The van der Waals surface area contributed by atoms with Gasteiger partial charge < -0.3 is 9.47 Å². The van der Waals surface area contributed by atoms with Crippen LogP contribution >= 0.6 is 15.9 Å². The van der Waals surface area contributed by atoms with Crippen LogP contribution in [0.3, 0.4) is 0 Å². The third-order valence-corrected chi connectivity index (χ3v) is 2.40. The molecule has 0 atom stereocenters. The summed E-state index contributed by atoms with van der Waals surface area (Å²) in [5.74, 6) is -0.709. The topological polar surface area (TPSA) is 35.5 Å². The van der Waals surface area contributed by atoms with E-state index in [2.05, 4.69) is 25.4 Å². The van der Waals surface area contributed by atoms with Crippen LogP contribution in [0.1, 0.15) is 10.4 Å². The van der Waals surface area contributed by atoms with Gasteiger partial charge in [0.25, 0.3) is 0 Å². The van der Waals surface area contributed by atoms with Crippen molar-refractivity contribution in [3.05, 3.63) is 28.2 Å². The summed E-state index contributed by atoms with van der Waals surface area (Å²) < 4.78 is 45.2. The minimum absolute atomic E-state index is 0.0646. The first kappa shape index (κ1) is 13.8. The standard InChI is InChI=1S/C10H8BrF3O3/c1-16-9(15)6-2-3-7(11)8(4-6)17-5-10(12,13)14/h2-4H,5H2,1H3. The van der Waals surface area contributed by atoms with Gasteiger partial charge in [0, 0.05) is 0 Å². The van der Waals surface area contributed by atoms with Crippen LogP contribution in [0.4, 0.5) is 13.2 Å². The molecule has 0 aliphatic heterocycles. The molecule has 0 aliphatic carbocycles. The summed E-state index contributed by atoms with van der Waals surface area (Å²) in [6.07, 6.45) is -4.43. The van der Waals surface area contributed by atoms with Crippen LogP contribution in [-0.2, 0) is 4.74 Å². The van der Waals surface area contributed by atoms with Crippen molar-refractivity contribution in [2.75, 3.05) is 13.7 Å². The van der Waals surface area contributed by atoms with Gasteiger partial charge >= 0.3 is 12.1 Å². The summed E-state index contributed by atoms with van der Waals surface area (Å²) in [5, 5.41) is 0. The third kappa shape index (κ3) is 4.26. The lowest BCUT2D eigenvalue weighted by molar-refractivity contribution is -0.153. The number of esters is 1. The maximum Gasteiger partial charge on any atom is 0.422 e. The minimum atomic E-state index is -4.43. The van der Waals surface area contributed by atoms with E-state index >= 15 is 0 Å². The second-order valence-corrected chi connectivity index (χ2v) is 3.89. The van der Waals surface area contributed by atoms with E-state index in [1.807, 2.05) is 0 Å². The Bertz CT molecular complexity index is 418. The van der Waals surface area contributed by atoms with Crippen LogP contribution in [0.25, 0.3) is 0 Å². The molecule has 0 unspecified atom stereocenters. The van der Waals surface area contributed by atoms with Gasteiger partial charge in [-0.1, -0.05) is 0 Å². The highest BCUT2D eigenvalue weighted by Crippen LogP contribution is 2.28. The number of hydrogen-bond acceptors (Lipinski definition) is 3. The van der Waals surface area contributed by atoms with Crippen molar-refractivity contribution in [1.29, 1.82) is 0 Å². The van der Waals surface area contributed by atoms with Crippen LogP contribution in [0.15, 0.2) is 22.7 Å². The van der Waals surface area contributed by atoms with Crippen LogP contribution in [0.5, 0.6) is 5.75 Å². The Kier molecular flexibility index (Phi) is 4.39. The van der Waals surface area contributed by atoms with E-state index < -0.39 is 18.8 Å². The van der Waals surface area contributed by atoms with Crippen molar-refractivity contribution >= 4 is 21.9 Å². The van der Waals surface area contributed by atoms with Crippen molar-refractivity contribution in [3.63, 3.8) is 0 Å². The number of alkyl halides is 3. The number of carbonyl (C=O) groups excluding carboxylic acids is 1. The number of hydrogen-bond donors (Lipinski definition) is 0. The summed E-state index contributed by atoms with van der Waals surface area (Å²) in [4.78, 5) is 11.2. The Morgan fingerprint density at radius 3 is 2.59 bits per heavy atom. The number of carbonyl (C=O) groups is 1. The molecule has 0 radical (unpaired) electrons. The Hall–Kier alpha value is -1.24. The molecule has 0 saturated heterocycles. The fraction of sp³-hybridized carbons (Fsp3) is 0.300. The van der Waals surface area contributed by atoms with Gasteiger partial charge in [-0.25, -0.2) is 4.79 Å². The molecule has 0 aliphatic rings. The zero-order valence-corrected chi connectivity index (χ0v) is 10.3. The van der Waals surface area contributed by atoms with Crippen LogP contribution in [0.2, 0.25) is 0 Å². The molecule has 0 N–H and O–H groups in total. The Balaban J connectivity index is 2.87. The molecule has 94 valence electrons. The second kappa shape index (κ2) is 5.39. The van der Waals surface area contributed by atoms with E-state index in [-0.39, 0.29) is 11.3 Å². The predicted molar refractivity (Wildman–Crippen MR) is 57.0 cm³/mol. The van der Waals surface area contributed by atoms with E-state index in [0.717, 1.165) is 0 Å². The SMILES string of the molecule is COC(=O)c1ccc(Br)c(OCC(F)(F)F)c1. The molecule has 0 heterocycles. The van der Waals surface area contributed by atoms with E-state index in [0.29, 0.717) is 4.47 Å².